The van der Waals surface area contributed by atoms with E-state index in [4.69, 9.17) is 0 Å². The SMILES string of the molecule is Cc1ccc(NC(=O)c2nc(-c3cccs3)n(-c3ccccc3)n2)cc1NS(C)(=O)=O. The van der Waals surface area contributed by atoms with Gasteiger partial charge in [0.2, 0.25) is 15.8 Å². The summed E-state index contributed by atoms with van der Waals surface area (Å²) in [6.07, 6.45) is 1.07. The summed E-state index contributed by atoms with van der Waals surface area (Å²) in [5.74, 6) is 0.0711. The number of nitrogens with one attached hydrogen (secondary N) is 2. The van der Waals surface area contributed by atoms with Gasteiger partial charge in [0.15, 0.2) is 5.82 Å². The van der Waals surface area contributed by atoms with Crippen LogP contribution in [0, 0.1) is 6.92 Å². The standard InChI is InChI=1S/C21H19N5O3S2/c1-14-10-11-15(13-17(14)25-31(2,28)29)22-21(27)19-23-20(18-9-6-12-30-18)26(24-19)16-7-4-3-5-8-16/h3-13,25H,1-2H3,(H,22,27). The molecule has 0 saturated heterocycles. The lowest BCUT2D eigenvalue weighted by molar-refractivity contribution is 0.101. The summed E-state index contributed by atoms with van der Waals surface area (Å²) in [5.41, 5.74) is 2.33. The molecule has 0 bridgehead atoms. The Bertz CT molecular complexity index is 1330. The number of anilines is 2. The molecule has 0 fully saturated rings. The van der Waals surface area contributed by atoms with Crippen molar-refractivity contribution in [3.8, 4) is 16.4 Å². The summed E-state index contributed by atoms with van der Waals surface area (Å²) in [4.78, 5) is 18.2. The van der Waals surface area contributed by atoms with Crippen LogP contribution in [0.4, 0.5) is 11.4 Å². The molecule has 0 aliphatic rings. The molecule has 2 aromatic heterocycles. The first-order valence-corrected chi connectivity index (χ1v) is 12.0. The summed E-state index contributed by atoms with van der Waals surface area (Å²) in [5, 5.41) is 9.09. The smallest absolute Gasteiger partial charge is 0.295 e. The zero-order chi connectivity index (χ0) is 22.0. The van der Waals surface area contributed by atoms with Crippen LogP contribution in [0.15, 0.2) is 66.0 Å². The van der Waals surface area contributed by atoms with Crippen molar-refractivity contribution in [2.45, 2.75) is 6.92 Å². The Balaban J connectivity index is 1.66. The molecule has 4 rings (SSSR count). The van der Waals surface area contributed by atoms with E-state index in [1.165, 1.54) is 11.3 Å². The molecule has 4 aromatic rings. The van der Waals surface area contributed by atoms with Gasteiger partial charge in [-0.05, 0) is 48.2 Å². The fourth-order valence-electron chi connectivity index (χ4n) is 2.92. The number of benzene rings is 2. The average molecular weight is 454 g/mol. The molecule has 0 saturated carbocycles. The number of aromatic nitrogens is 3. The number of hydrogen-bond acceptors (Lipinski definition) is 6. The summed E-state index contributed by atoms with van der Waals surface area (Å²) in [6.45, 7) is 1.77. The largest absolute Gasteiger partial charge is 0.319 e. The summed E-state index contributed by atoms with van der Waals surface area (Å²) < 4.78 is 27.2. The Morgan fingerprint density at radius 1 is 1.06 bits per heavy atom. The average Bonchev–Trinajstić information content (AvgIpc) is 3.39. The topological polar surface area (TPSA) is 106 Å². The Hall–Kier alpha value is -3.50. The lowest BCUT2D eigenvalue weighted by Gasteiger charge is -2.10. The summed E-state index contributed by atoms with van der Waals surface area (Å²) in [6, 6.07) is 18.2. The number of para-hydroxylation sites is 1. The maximum atomic E-state index is 12.9. The maximum absolute atomic E-state index is 12.9. The minimum absolute atomic E-state index is 0.00505. The summed E-state index contributed by atoms with van der Waals surface area (Å²) in [7, 11) is -3.44. The predicted molar refractivity (Wildman–Crippen MR) is 122 cm³/mol. The van der Waals surface area contributed by atoms with E-state index in [1.54, 1.807) is 29.8 Å². The van der Waals surface area contributed by atoms with E-state index < -0.39 is 15.9 Å². The number of thiophene rings is 1. The van der Waals surface area contributed by atoms with E-state index in [2.05, 4.69) is 20.1 Å². The number of hydrogen-bond donors (Lipinski definition) is 2. The minimum Gasteiger partial charge on any atom is -0.319 e. The third-order valence-corrected chi connectivity index (χ3v) is 5.80. The zero-order valence-electron chi connectivity index (χ0n) is 16.7. The molecule has 10 heteroatoms. The third-order valence-electron chi connectivity index (χ3n) is 4.34. The Kier molecular flexibility index (Phi) is 5.57. The normalized spacial score (nSPS) is 11.3. The number of carbonyl (C=O) groups excluding carboxylic acids is 1. The molecule has 31 heavy (non-hydrogen) atoms. The van der Waals surface area contributed by atoms with Crippen LogP contribution in [0.3, 0.4) is 0 Å². The molecule has 2 N–H and O–H groups in total. The number of rotatable bonds is 6. The van der Waals surface area contributed by atoms with Crippen LogP contribution < -0.4 is 10.0 Å². The predicted octanol–water partition coefficient (Wildman–Crippen LogP) is 3.93. The van der Waals surface area contributed by atoms with Crippen molar-refractivity contribution in [3.05, 3.63) is 77.4 Å². The second-order valence-electron chi connectivity index (χ2n) is 6.84. The van der Waals surface area contributed by atoms with E-state index in [1.807, 2.05) is 47.8 Å². The van der Waals surface area contributed by atoms with Gasteiger partial charge in [0.25, 0.3) is 5.91 Å². The van der Waals surface area contributed by atoms with Crippen LogP contribution >= 0.6 is 11.3 Å². The molecule has 0 spiro atoms. The number of amides is 1. The van der Waals surface area contributed by atoms with Crippen molar-refractivity contribution in [2.75, 3.05) is 16.3 Å². The zero-order valence-corrected chi connectivity index (χ0v) is 18.4. The van der Waals surface area contributed by atoms with Gasteiger partial charge < -0.3 is 5.32 Å². The number of aryl methyl sites for hydroxylation is 1. The second-order valence-corrected chi connectivity index (χ2v) is 9.54. The van der Waals surface area contributed by atoms with E-state index >= 15 is 0 Å². The van der Waals surface area contributed by atoms with Crippen LogP contribution in [-0.2, 0) is 10.0 Å². The minimum atomic E-state index is -3.44. The van der Waals surface area contributed by atoms with Crippen molar-refractivity contribution in [1.29, 1.82) is 0 Å². The van der Waals surface area contributed by atoms with E-state index in [-0.39, 0.29) is 5.82 Å². The van der Waals surface area contributed by atoms with Gasteiger partial charge in [-0.15, -0.1) is 16.4 Å². The van der Waals surface area contributed by atoms with E-state index in [0.717, 1.165) is 22.4 Å². The Morgan fingerprint density at radius 2 is 1.84 bits per heavy atom. The molecule has 2 heterocycles. The molecule has 2 aromatic carbocycles. The molecule has 0 unspecified atom stereocenters. The van der Waals surface area contributed by atoms with Crippen molar-refractivity contribution >= 4 is 38.6 Å². The van der Waals surface area contributed by atoms with Crippen molar-refractivity contribution in [1.82, 2.24) is 14.8 Å². The van der Waals surface area contributed by atoms with Crippen LogP contribution in [0.1, 0.15) is 16.2 Å². The lowest BCUT2D eigenvalue weighted by Crippen LogP contribution is -2.15. The Labute approximate surface area is 183 Å². The molecule has 0 atom stereocenters. The van der Waals surface area contributed by atoms with E-state index in [9.17, 15) is 13.2 Å². The lowest BCUT2D eigenvalue weighted by atomic mass is 10.2. The monoisotopic (exact) mass is 453 g/mol. The van der Waals surface area contributed by atoms with Crippen LogP contribution in [0.25, 0.3) is 16.4 Å². The highest BCUT2D eigenvalue weighted by atomic mass is 32.2. The number of sulfonamides is 1. The quantitative estimate of drug-likeness (QED) is 0.460. The van der Waals surface area contributed by atoms with E-state index in [0.29, 0.717) is 17.2 Å². The van der Waals surface area contributed by atoms with Crippen molar-refractivity contribution in [2.24, 2.45) is 0 Å². The van der Waals surface area contributed by atoms with Gasteiger partial charge in [0, 0.05) is 5.69 Å². The summed E-state index contributed by atoms with van der Waals surface area (Å²) >= 11 is 1.50. The van der Waals surface area contributed by atoms with Crippen LogP contribution in [0.5, 0.6) is 0 Å². The molecular formula is C21H19N5O3S2. The van der Waals surface area contributed by atoms with Crippen LogP contribution in [0.2, 0.25) is 0 Å². The molecule has 8 nitrogen and oxygen atoms in total. The molecule has 0 radical (unpaired) electrons. The second kappa shape index (κ2) is 8.32. The fraction of sp³-hybridized carbons (Fsp3) is 0.0952. The fourth-order valence-corrected chi connectivity index (χ4v) is 4.24. The molecule has 0 aliphatic carbocycles. The highest BCUT2D eigenvalue weighted by Gasteiger charge is 2.20. The first-order chi connectivity index (χ1) is 14.8. The van der Waals surface area contributed by atoms with Gasteiger partial charge in [0.1, 0.15) is 0 Å². The van der Waals surface area contributed by atoms with Gasteiger partial charge in [-0.3, -0.25) is 9.52 Å². The third kappa shape index (κ3) is 4.81. The maximum Gasteiger partial charge on any atom is 0.295 e. The first-order valence-electron chi connectivity index (χ1n) is 9.26. The van der Waals surface area contributed by atoms with Gasteiger partial charge in [-0.1, -0.05) is 30.3 Å². The highest BCUT2D eigenvalue weighted by Crippen LogP contribution is 2.26. The number of nitrogens with zero attached hydrogens (tertiary/aromatic N) is 3. The van der Waals surface area contributed by atoms with Gasteiger partial charge >= 0.3 is 0 Å². The number of carbonyl (C=O) groups is 1. The molecule has 158 valence electrons. The highest BCUT2D eigenvalue weighted by molar-refractivity contribution is 7.92. The van der Waals surface area contributed by atoms with Gasteiger partial charge in [-0.2, -0.15) is 0 Å². The van der Waals surface area contributed by atoms with Crippen molar-refractivity contribution in [3.63, 3.8) is 0 Å². The molecular weight excluding hydrogens is 434 g/mol. The molecule has 0 aliphatic heterocycles. The Morgan fingerprint density at radius 3 is 2.52 bits per heavy atom. The van der Waals surface area contributed by atoms with Gasteiger partial charge in [0.05, 0.1) is 22.5 Å². The van der Waals surface area contributed by atoms with Crippen LogP contribution in [-0.4, -0.2) is 35.3 Å². The molecule has 1 amide bonds. The van der Waals surface area contributed by atoms with Crippen molar-refractivity contribution < 1.29 is 13.2 Å². The van der Waals surface area contributed by atoms with Gasteiger partial charge in [-0.25, -0.2) is 18.1 Å². The first kappa shape index (κ1) is 20.8.